The number of rotatable bonds is 8. The van der Waals surface area contributed by atoms with Crippen molar-refractivity contribution in [1.29, 1.82) is 0 Å². The maximum atomic E-state index is 12.7. The van der Waals surface area contributed by atoms with E-state index in [2.05, 4.69) is 22.5 Å². The van der Waals surface area contributed by atoms with Gasteiger partial charge in [0.15, 0.2) is 6.61 Å². The number of hydrogen-bond acceptors (Lipinski definition) is 4. The summed E-state index contributed by atoms with van der Waals surface area (Å²) < 4.78 is 5.51. The summed E-state index contributed by atoms with van der Waals surface area (Å²) in [5.41, 5.74) is 1.64. The van der Waals surface area contributed by atoms with Crippen LogP contribution >= 0.6 is 11.6 Å². The lowest BCUT2D eigenvalue weighted by molar-refractivity contribution is -0.123. The number of nitrogens with one attached hydrogen (secondary N) is 2. The summed E-state index contributed by atoms with van der Waals surface area (Å²) in [4.78, 5) is 27.1. The van der Waals surface area contributed by atoms with Gasteiger partial charge in [-0.15, -0.1) is 0 Å². The van der Waals surface area contributed by atoms with Crippen LogP contribution in [0.25, 0.3) is 0 Å². The van der Waals surface area contributed by atoms with Crippen LogP contribution in [-0.4, -0.2) is 43.6 Å². The van der Waals surface area contributed by atoms with Gasteiger partial charge in [-0.3, -0.25) is 9.59 Å². The van der Waals surface area contributed by atoms with Gasteiger partial charge in [-0.25, -0.2) is 0 Å². The molecule has 6 nitrogen and oxygen atoms in total. The number of amides is 2. The molecule has 0 bridgehead atoms. The number of nitrogens with zero attached hydrogens (tertiary/aromatic N) is 1. The Bertz CT molecular complexity index is 880. The topological polar surface area (TPSA) is 70.7 Å². The molecule has 0 spiro atoms. The van der Waals surface area contributed by atoms with Crippen molar-refractivity contribution < 1.29 is 14.3 Å². The van der Waals surface area contributed by atoms with Crippen LogP contribution in [0.3, 0.4) is 0 Å². The summed E-state index contributed by atoms with van der Waals surface area (Å²) >= 11 is 5.85. The first-order valence-corrected chi connectivity index (χ1v) is 11.2. The standard InChI is InChI=1S/C24H30ClN3O3/c1-3-17(2)26-24(30)21-6-4-5-7-22(21)28-14-12-19(13-15-28)27-23(29)16-31-20-10-8-18(25)9-11-20/h4-11,17,19H,3,12-16H2,1-2H3,(H,26,30)(H,27,29)/t17-/m1/s1. The predicted octanol–water partition coefficient (Wildman–Crippen LogP) is 4.03. The molecule has 1 heterocycles. The van der Waals surface area contributed by atoms with Crippen molar-refractivity contribution in [2.45, 2.75) is 45.2 Å². The zero-order valence-electron chi connectivity index (χ0n) is 18.1. The largest absolute Gasteiger partial charge is 0.484 e. The van der Waals surface area contributed by atoms with Gasteiger partial charge in [0, 0.05) is 35.9 Å². The number of benzene rings is 2. The van der Waals surface area contributed by atoms with E-state index < -0.39 is 0 Å². The highest BCUT2D eigenvalue weighted by Gasteiger charge is 2.24. The van der Waals surface area contributed by atoms with Gasteiger partial charge in [-0.2, -0.15) is 0 Å². The Hall–Kier alpha value is -2.73. The van der Waals surface area contributed by atoms with Crippen LogP contribution in [0.1, 0.15) is 43.5 Å². The minimum absolute atomic E-state index is 0.0273. The maximum absolute atomic E-state index is 12.7. The third kappa shape index (κ3) is 6.62. The molecule has 0 unspecified atom stereocenters. The lowest BCUT2D eigenvalue weighted by atomic mass is 10.0. The Morgan fingerprint density at radius 1 is 1.13 bits per heavy atom. The van der Waals surface area contributed by atoms with E-state index >= 15 is 0 Å². The van der Waals surface area contributed by atoms with Crippen LogP contribution in [0.5, 0.6) is 5.75 Å². The molecule has 1 aliphatic rings. The second kappa shape index (κ2) is 11.0. The van der Waals surface area contributed by atoms with Gasteiger partial charge in [-0.05, 0) is 62.6 Å². The minimum Gasteiger partial charge on any atom is -0.484 e. The summed E-state index contributed by atoms with van der Waals surface area (Å²) in [5, 5.41) is 6.72. The van der Waals surface area contributed by atoms with Crippen molar-refractivity contribution >= 4 is 29.1 Å². The number of halogens is 1. The number of hydrogen-bond donors (Lipinski definition) is 2. The van der Waals surface area contributed by atoms with Crippen molar-refractivity contribution in [2.24, 2.45) is 0 Å². The highest BCUT2D eigenvalue weighted by molar-refractivity contribution is 6.30. The molecular formula is C24H30ClN3O3. The number of carbonyl (C=O) groups excluding carboxylic acids is 2. The third-order valence-corrected chi connectivity index (χ3v) is 5.77. The highest BCUT2D eigenvalue weighted by atomic mass is 35.5. The number of para-hydroxylation sites is 1. The number of piperidine rings is 1. The summed E-state index contributed by atoms with van der Waals surface area (Å²) in [6.07, 6.45) is 2.52. The van der Waals surface area contributed by atoms with Crippen molar-refractivity contribution in [3.63, 3.8) is 0 Å². The monoisotopic (exact) mass is 443 g/mol. The molecule has 0 aromatic heterocycles. The van der Waals surface area contributed by atoms with Gasteiger partial charge in [0.25, 0.3) is 11.8 Å². The molecule has 1 atom stereocenters. The molecule has 2 amide bonds. The summed E-state index contributed by atoms with van der Waals surface area (Å²) in [6, 6.07) is 14.9. The first-order chi connectivity index (χ1) is 15.0. The van der Waals surface area contributed by atoms with E-state index in [0.29, 0.717) is 16.3 Å². The van der Waals surface area contributed by atoms with E-state index in [1.165, 1.54) is 0 Å². The number of carbonyl (C=O) groups is 2. The van der Waals surface area contributed by atoms with Gasteiger partial charge < -0.3 is 20.3 Å². The quantitative estimate of drug-likeness (QED) is 0.646. The molecule has 2 N–H and O–H groups in total. The smallest absolute Gasteiger partial charge is 0.258 e. The maximum Gasteiger partial charge on any atom is 0.258 e. The SMILES string of the molecule is CC[C@@H](C)NC(=O)c1ccccc1N1CCC(NC(=O)COc2ccc(Cl)cc2)CC1. The molecule has 2 aromatic carbocycles. The molecule has 7 heteroatoms. The number of ether oxygens (including phenoxy) is 1. The molecule has 0 saturated carbocycles. The Morgan fingerprint density at radius 2 is 1.81 bits per heavy atom. The average Bonchev–Trinajstić information content (AvgIpc) is 2.79. The Morgan fingerprint density at radius 3 is 2.48 bits per heavy atom. The fourth-order valence-corrected chi connectivity index (χ4v) is 3.68. The molecule has 0 radical (unpaired) electrons. The average molecular weight is 444 g/mol. The van der Waals surface area contributed by atoms with E-state index in [-0.39, 0.29) is 30.5 Å². The highest BCUT2D eigenvalue weighted by Crippen LogP contribution is 2.24. The zero-order chi connectivity index (χ0) is 22.2. The molecule has 3 rings (SSSR count). The van der Waals surface area contributed by atoms with E-state index in [9.17, 15) is 9.59 Å². The number of anilines is 1. The fraction of sp³-hybridized carbons (Fsp3) is 0.417. The van der Waals surface area contributed by atoms with Crippen molar-refractivity contribution in [2.75, 3.05) is 24.6 Å². The second-order valence-corrected chi connectivity index (χ2v) is 8.31. The molecule has 166 valence electrons. The van der Waals surface area contributed by atoms with Gasteiger partial charge in [0.2, 0.25) is 0 Å². The van der Waals surface area contributed by atoms with Gasteiger partial charge >= 0.3 is 0 Å². The first-order valence-electron chi connectivity index (χ1n) is 10.8. The Labute approximate surface area is 188 Å². The summed E-state index contributed by atoms with van der Waals surface area (Å²) in [7, 11) is 0. The normalized spacial score (nSPS) is 15.3. The lowest BCUT2D eigenvalue weighted by Gasteiger charge is -2.35. The fourth-order valence-electron chi connectivity index (χ4n) is 3.56. The van der Waals surface area contributed by atoms with Crippen molar-refractivity contribution in [1.82, 2.24) is 10.6 Å². The minimum atomic E-state index is -0.137. The first kappa shape index (κ1) is 22.9. The lowest BCUT2D eigenvalue weighted by Crippen LogP contribution is -2.46. The molecule has 1 saturated heterocycles. The van der Waals surface area contributed by atoms with E-state index in [1.54, 1.807) is 24.3 Å². The van der Waals surface area contributed by atoms with Gasteiger partial charge in [-0.1, -0.05) is 30.7 Å². The van der Waals surface area contributed by atoms with Crippen LogP contribution in [0.2, 0.25) is 5.02 Å². The summed E-state index contributed by atoms with van der Waals surface area (Å²) in [6.45, 7) is 5.58. The van der Waals surface area contributed by atoms with Crippen LogP contribution in [0.4, 0.5) is 5.69 Å². The summed E-state index contributed by atoms with van der Waals surface area (Å²) in [5.74, 6) is 0.433. The second-order valence-electron chi connectivity index (χ2n) is 7.87. The molecular weight excluding hydrogens is 414 g/mol. The van der Waals surface area contributed by atoms with Crippen LogP contribution in [0.15, 0.2) is 48.5 Å². The van der Waals surface area contributed by atoms with Crippen molar-refractivity contribution in [3.8, 4) is 5.75 Å². The molecule has 1 aliphatic heterocycles. The van der Waals surface area contributed by atoms with E-state index in [4.69, 9.17) is 16.3 Å². The van der Waals surface area contributed by atoms with Crippen LogP contribution in [-0.2, 0) is 4.79 Å². The molecule has 2 aromatic rings. The van der Waals surface area contributed by atoms with Gasteiger partial charge in [0.1, 0.15) is 5.75 Å². The van der Waals surface area contributed by atoms with Crippen LogP contribution in [0, 0.1) is 0 Å². The zero-order valence-corrected chi connectivity index (χ0v) is 18.8. The Balaban J connectivity index is 1.50. The molecule has 31 heavy (non-hydrogen) atoms. The van der Waals surface area contributed by atoms with E-state index in [0.717, 1.165) is 38.0 Å². The molecule has 0 aliphatic carbocycles. The van der Waals surface area contributed by atoms with E-state index in [1.807, 2.05) is 31.2 Å². The van der Waals surface area contributed by atoms with Crippen LogP contribution < -0.4 is 20.3 Å². The third-order valence-electron chi connectivity index (χ3n) is 5.52. The predicted molar refractivity (Wildman–Crippen MR) is 124 cm³/mol. The van der Waals surface area contributed by atoms with Gasteiger partial charge in [0.05, 0.1) is 5.56 Å². The Kier molecular flexibility index (Phi) is 8.18. The molecule has 1 fully saturated rings. The van der Waals surface area contributed by atoms with Crippen molar-refractivity contribution in [3.05, 3.63) is 59.1 Å².